The molecule has 1 aliphatic rings. The molecular weight excluding hydrogens is 233 g/mol. The second kappa shape index (κ2) is 3.43. The van der Waals surface area contributed by atoms with Crippen molar-refractivity contribution in [2.45, 2.75) is 17.6 Å². The minimum Gasteiger partial charge on any atom is -0.497 e. The molecule has 6 heteroatoms. The molecule has 88 valence electrons. The summed E-state index contributed by atoms with van der Waals surface area (Å²) < 4.78 is 40.1. The summed E-state index contributed by atoms with van der Waals surface area (Å²) in [5.41, 5.74) is 0.135. The van der Waals surface area contributed by atoms with Gasteiger partial charge in [-0.3, -0.25) is 0 Å². The number of hydrogen-bond acceptors (Lipinski definition) is 3. The van der Waals surface area contributed by atoms with E-state index in [0.717, 1.165) is 0 Å². The topological polar surface area (TPSA) is 69.4 Å². The summed E-state index contributed by atoms with van der Waals surface area (Å²) in [6.45, 7) is 0. The van der Waals surface area contributed by atoms with Gasteiger partial charge in [0.2, 0.25) is 10.0 Å². The minimum atomic E-state index is -3.77. The number of sulfonamides is 1. The van der Waals surface area contributed by atoms with Gasteiger partial charge in [-0.25, -0.2) is 17.9 Å². The normalized spacial score (nSPS) is 18.2. The van der Waals surface area contributed by atoms with Crippen LogP contribution >= 0.6 is 0 Å². The molecule has 0 bridgehead atoms. The van der Waals surface area contributed by atoms with Gasteiger partial charge in [-0.05, 0) is 18.9 Å². The third-order valence-corrected chi connectivity index (χ3v) is 4.63. The molecule has 0 spiro atoms. The Kier molecular flexibility index (Phi) is 2.43. The second-order valence-corrected chi connectivity index (χ2v) is 5.76. The first-order valence-corrected chi connectivity index (χ1v) is 6.32. The Morgan fingerprint density at radius 2 is 2.06 bits per heavy atom. The highest BCUT2D eigenvalue weighted by molar-refractivity contribution is 7.90. The zero-order chi connectivity index (χ0) is 12.0. The number of methoxy groups -OCH3 is 1. The number of halogens is 1. The number of hydrogen-bond donors (Lipinski definition) is 1. The van der Waals surface area contributed by atoms with E-state index in [-0.39, 0.29) is 5.56 Å². The van der Waals surface area contributed by atoms with Gasteiger partial charge in [-0.2, -0.15) is 0 Å². The molecule has 16 heavy (non-hydrogen) atoms. The van der Waals surface area contributed by atoms with E-state index in [0.29, 0.717) is 18.6 Å². The lowest BCUT2D eigenvalue weighted by Gasteiger charge is -2.14. The van der Waals surface area contributed by atoms with Crippen molar-refractivity contribution in [3.63, 3.8) is 0 Å². The molecule has 2 N–H and O–H groups in total. The van der Waals surface area contributed by atoms with Crippen LogP contribution in [-0.2, 0) is 14.8 Å². The van der Waals surface area contributed by atoms with Gasteiger partial charge in [-0.1, -0.05) is 6.07 Å². The molecule has 0 aromatic heterocycles. The van der Waals surface area contributed by atoms with Gasteiger partial charge in [0.15, 0.2) is 0 Å². The average Bonchev–Trinajstić information content (AvgIpc) is 2.97. The maximum absolute atomic E-state index is 13.7. The fourth-order valence-electron chi connectivity index (χ4n) is 1.81. The fourth-order valence-corrected chi connectivity index (χ4v) is 2.96. The summed E-state index contributed by atoms with van der Waals surface area (Å²) in [5.74, 6) is -0.239. The van der Waals surface area contributed by atoms with Crippen LogP contribution in [0, 0.1) is 5.82 Å². The van der Waals surface area contributed by atoms with Crippen molar-refractivity contribution in [1.29, 1.82) is 0 Å². The van der Waals surface area contributed by atoms with E-state index in [1.165, 1.54) is 25.3 Å². The molecule has 0 saturated heterocycles. The summed E-state index contributed by atoms with van der Waals surface area (Å²) in [6, 6.07) is 4.12. The number of ether oxygens (including phenoxy) is 1. The molecule has 0 atom stereocenters. The predicted octanol–water partition coefficient (Wildman–Crippen LogP) is 1.11. The first-order valence-electron chi connectivity index (χ1n) is 4.77. The highest BCUT2D eigenvalue weighted by Gasteiger charge is 2.55. The molecule has 0 unspecified atom stereocenters. The van der Waals surface area contributed by atoms with Crippen molar-refractivity contribution in [3.8, 4) is 5.75 Å². The monoisotopic (exact) mass is 245 g/mol. The molecule has 4 nitrogen and oxygen atoms in total. The Labute approximate surface area is 93.3 Å². The van der Waals surface area contributed by atoms with Crippen LogP contribution in [0.15, 0.2) is 18.2 Å². The molecule has 1 aromatic rings. The van der Waals surface area contributed by atoms with E-state index in [1.54, 1.807) is 0 Å². The van der Waals surface area contributed by atoms with Crippen LogP contribution in [0.4, 0.5) is 4.39 Å². The fraction of sp³-hybridized carbons (Fsp3) is 0.400. The number of primary sulfonamides is 1. The molecule has 1 aromatic carbocycles. The minimum absolute atomic E-state index is 0.135. The Balaban J connectivity index is 2.51. The zero-order valence-electron chi connectivity index (χ0n) is 8.73. The number of benzene rings is 1. The van der Waals surface area contributed by atoms with Crippen molar-refractivity contribution in [2.24, 2.45) is 5.14 Å². The molecule has 0 amide bonds. The Hall–Kier alpha value is -1.14. The molecule has 0 aliphatic heterocycles. The standard InChI is InChI=1S/C10H12FNO3S/c1-15-7-2-3-8(9(11)6-7)10(4-5-10)16(12,13)14/h2-3,6H,4-5H2,1H3,(H2,12,13,14). The van der Waals surface area contributed by atoms with Crippen LogP contribution in [0.25, 0.3) is 0 Å². The molecule has 1 saturated carbocycles. The lowest BCUT2D eigenvalue weighted by atomic mass is 10.1. The van der Waals surface area contributed by atoms with Crippen LogP contribution < -0.4 is 9.88 Å². The zero-order valence-corrected chi connectivity index (χ0v) is 9.55. The maximum Gasteiger partial charge on any atom is 0.219 e. The first-order chi connectivity index (χ1) is 7.40. The van der Waals surface area contributed by atoms with E-state index >= 15 is 0 Å². The van der Waals surface area contributed by atoms with Crippen molar-refractivity contribution in [3.05, 3.63) is 29.6 Å². The van der Waals surface area contributed by atoms with Crippen molar-refractivity contribution in [2.75, 3.05) is 7.11 Å². The van der Waals surface area contributed by atoms with Crippen LogP contribution in [0.1, 0.15) is 18.4 Å². The van der Waals surface area contributed by atoms with Gasteiger partial charge in [0.25, 0.3) is 0 Å². The van der Waals surface area contributed by atoms with Crippen LogP contribution in [0.3, 0.4) is 0 Å². The van der Waals surface area contributed by atoms with E-state index in [1.807, 2.05) is 0 Å². The quantitative estimate of drug-likeness (QED) is 0.867. The van der Waals surface area contributed by atoms with Gasteiger partial charge < -0.3 is 4.74 Å². The van der Waals surface area contributed by atoms with Gasteiger partial charge >= 0.3 is 0 Å². The van der Waals surface area contributed by atoms with Crippen molar-refractivity contribution < 1.29 is 17.5 Å². The lowest BCUT2D eigenvalue weighted by Crippen LogP contribution is -2.29. The van der Waals surface area contributed by atoms with E-state index in [2.05, 4.69) is 0 Å². The summed E-state index contributed by atoms with van der Waals surface area (Å²) >= 11 is 0. The highest BCUT2D eigenvalue weighted by Crippen LogP contribution is 2.52. The van der Waals surface area contributed by atoms with Gasteiger partial charge in [0.1, 0.15) is 16.3 Å². The largest absolute Gasteiger partial charge is 0.497 e. The number of rotatable bonds is 3. The predicted molar refractivity (Wildman–Crippen MR) is 57.0 cm³/mol. The van der Waals surface area contributed by atoms with Crippen LogP contribution in [0.5, 0.6) is 5.75 Å². The lowest BCUT2D eigenvalue weighted by molar-refractivity contribution is 0.410. The Morgan fingerprint density at radius 1 is 1.44 bits per heavy atom. The summed E-state index contributed by atoms with van der Waals surface area (Å²) in [4.78, 5) is 0. The summed E-state index contributed by atoms with van der Waals surface area (Å²) in [6.07, 6.45) is 0.740. The Bertz CT molecular complexity index is 523. The highest BCUT2D eigenvalue weighted by atomic mass is 32.2. The van der Waals surface area contributed by atoms with E-state index in [4.69, 9.17) is 9.88 Å². The first kappa shape index (κ1) is 11.3. The molecule has 2 rings (SSSR count). The third kappa shape index (κ3) is 1.58. The van der Waals surface area contributed by atoms with E-state index < -0.39 is 20.6 Å². The SMILES string of the molecule is COc1ccc(C2(S(N)(=O)=O)CC2)c(F)c1. The average molecular weight is 245 g/mol. The second-order valence-electron chi connectivity index (χ2n) is 3.89. The van der Waals surface area contributed by atoms with Crippen molar-refractivity contribution >= 4 is 10.0 Å². The van der Waals surface area contributed by atoms with Gasteiger partial charge in [-0.15, -0.1) is 0 Å². The molecular formula is C10H12FNO3S. The van der Waals surface area contributed by atoms with Crippen molar-refractivity contribution in [1.82, 2.24) is 0 Å². The number of nitrogens with two attached hydrogens (primary N) is 1. The van der Waals surface area contributed by atoms with Crippen LogP contribution in [-0.4, -0.2) is 15.5 Å². The van der Waals surface area contributed by atoms with E-state index in [9.17, 15) is 12.8 Å². The smallest absolute Gasteiger partial charge is 0.219 e. The molecule has 0 radical (unpaired) electrons. The summed E-state index contributed by atoms with van der Waals surface area (Å²) in [5, 5.41) is 5.12. The maximum atomic E-state index is 13.7. The van der Waals surface area contributed by atoms with Crippen LogP contribution in [0.2, 0.25) is 0 Å². The summed E-state index contributed by atoms with van der Waals surface area (Å²) in [7, 11) is -2.35. The molecule has 1 aliphatic carbocycles. The molecule has 1 fully saturated rings. The van der Waals surface area contributed by atoms with Gasteiger partial charge in [0.05, 0.1) is 7.11 Å². The Morgan fingerprint density at radius 3 is 2.44 bits per heavy atom. The third-order valence-electron chi connectivity index (χ3n) is 2.92. The van der Waals surface area contributed by atoms with Gasteiger partial charge in [0, 0.05) is 11.6 Å². The molecule has 0 heterocycles.